The van der Waals surface area contributed by atoms with Crippen molar-refractivity contribution in [1.29, 1.82) is 0 Å². The molecule has 1 fully saturated rings. The van der Waals surface area contributed by atoms with Gasteiger partial charge in [-0.2, -0.15) is 0 Å². The molecule has 3 heterocycles. The van der Waals surface area contributed by atoms with Gasteiger partial charge in [0.1, 0.15) is 5.84 Å². The average molecular weight is 463 g/mol. The maximum atomic E-state index is 13.2. The maximum absolute atomic E-state index is 13.2. The van der Waals surface area contributed by atoms with Gasteiger partial charge in [-0.3, -0.25) is 19.4 Å². The second-order valence-electron chi connectivity index (χ2n) is 8.55. The summed E-state index contributed by atoms with van der Waals surface area (Å²) in [7, 11) is 1.71. The van der Waals surface area contributed by atoms with Crippen LogP contribution in [0.2, 0.25) is 0 Å². The molecule has 0 aromatic heterocycles. The van der Waals surface area contributed by atoms with Crippen LogP contribution in [0.5, 0.6) is 0 Å². The van der Waals surface area contributed by atoms with Crippen LogP contribution in [0, 0.1) is 0 Å². The van der Waals surface area contributed by atoms with Gasteiger partial charge < -0.3 is 30.7 Å². The number of amides is 3. The lowest BCUT2D eigenvalue weighted by Crippen LogP contribution is -2.55. The normalized spacial score (nSPS) is 20.5. The molecule has 3 aliphatic heterocycles. The van der Waals surface area contributed by atoms with E-state index in [1.54, 1.807) is 36.2 Å². The van der Waals surface area contributed by atoms with Crippen molar-refractivity contribution >= 4 is 40.6 Å². The lowest BCUT2D eigenvalue weighted by Gasteiger charge is -2.35. The summed E-state index contributed by atoms with van der Waals surface area (Å²) in [5, 5.41) is 13.3. The molecule has 1 saturated heterocycles. The first-order valence-electron chi connectivity index (χ1n) is 11.1. The standard InChI is InChI=1S/C24H25N5O5/c1-28-18-11-16(5-2-13(18)3-7-19(28)30)29-8-9-34-21(24(29)33)20(31)23(32)27-15-4-6-17-14(10-15)12-26-22(17)25/h2,4-6,10-11,20-21,31H,3,7-9,12H2,1H3,(H2,25,26)(H,27,32)/t20-,21-/m1/s1. The average Bonchev–Trinajstić information content (AvgIpc) is 3.21. The molecule has 5 rings (SSSR count). The number of nitrogens with one attached hydrogen (secondary N) is 1. The molecule has 2 aromatic rings. The Morgan fingerprint density at radius 2 is 2.03 bits per heavy atom. The van der Waals surface area contributed by atoms with E-state index in [0.717, 1.165) is 22.4 Å². The Morgan fingerprint density at radius 1 is 1.21 bits per heavy atom. The van der Waals surface area contributed by atoms with Gasteiger partial charge in [0.05, 0.1) is 13.2 Å². The van der Waals surface area contributed by atoms with E-state index in [1.807, 2.05) is 12.1 Å². The molecular weight excluding hydrogens is 438 g/mol. The second kappa shape index (κ2) is 8.54. The van der Waals surface area contributed by atoms with Crippen molar-refractivity contribution < 1.29 is 24.2 Å². The molecule has 0 radical (unpaired) electrons. The number of anilines is 3. The first-order chi connectivity index (χ1) is 16.3. The Hall–Kier alpha value is -3.76. The molecule has 176 valence electrons. The molecule has 3 aliphatic rings. The van der Waals surface area contributed by atoms with Gasteiger partial charge >= 0.3 is 0 Å². The van der Waals surface area contributed by atoms with E-state index >= 15 is 0 Å². The molecule has 2 atom stereocenters. The van der Waals surface area contributed by atoms with E-state index in [-0.39, 0.29) is 19.1 Å². The van der Waals surface area contributed by atoms with Gasteiger partial charge in [0.25, 0.3) is 11.8 Å². The van der Waals surface area contributed by atoms with Crippen molar-refractivity contribution in [2.45, 2.75) is 31.6 Å². The summed E-state index contributed by atoms with van der Waals surface area (Å²) >= 11 is 0. The number of aliphatic hydroxyl groups is 1. The highest BCUT2D eigenvalue weighted by molar-refractivity contribution is 6.05. The monoisotopic (exact) mass is 463 g/mol. The van der Waals surface area contributed by atoms with Gasteiger partial charge in [0.15, 0.2) is 12.2 Å². The van der Waals surface area contributed by atoms with E-state index < -0.39 is 24.0 Å². The molecule has 0 spiro atoms. The fourth-order valence-electron chi connectivity index (χ4n) is 4.54. The minimum Gasteiger partial charge on any atom is -0.383 e. The molecule has 0 bridgehead atoms. The molecule has 34 heavy (non-hydrogen) atoms. The zero-order valence-corrected chi connectivity index (χ0v) is 18.7. The molecule has 0 saturated carbocycles. The fourth-order valence-corrected chi connectivity index (χ4v) is 4.54. The number of amidine groups is 1. The molecule has 4 N–H and O–H groups in total. The van der Waals surface area contributed by atoms with E-state index in [4.69, 9.17) is 10.5 Å². The Kier molecular flexibility index (Phi) is 5.54. The molecule has 2 aromatic carbocycles. The number of aliphatic hydroxyl groups excluding tert-OH is 1. The van der Waals surface area contributed by atoms with Crippen LogP contribution < -0.4 is 20.9 Å². The third-order valence-electron chi connectivity index (χ3n) is 6.47. The zero-order valence-electron chi connectivity index (χ0n) is 18.7. The predicted octanol–water partition coefficient (Wildman–Crippen LogP) is 0.546. The number of carbonyl (C=O) groups is 3. The van der Waals surface area contributed by atoms with Crippen molar-refractivity contribution in [3.63, 3.8) is 0 Å². The second-order valence-corrected chi connectivity index (χ2v) is 8.55. The Labute approximate surface area is 196 Å². The summed E-state index contributed by atoms with van der Waals surface area (Å²) in [4.78, 5) is 45.2. The smallest absolute Gasteiger partial charge is 0.259 e. The topological polar surface area (TPSA) is 138 Å². The molecule has 0 unspecified atom stereocenters. The molecule has 10 heteroatoms. The molecule has 0 aliphatic carbocycles. The molecular formula is C24H25N5O5. The number of fused-ring (bicyclic) bond motifs is 2. The van der Waals surface area contributed by atoms with Crippen molar-refractivity contribution in [2.24, 2.45) is 10.7 Å². The van der Waals surface area contributed by atoms with Crippen LogP contribution in [0.3, 0.4) is 0 Å². The number of morpholine rings is 1. The summed E-state index contributed by atoms with van der Waals surface area (Å²) in [6.45, 7) is 0.850. The van der Waals surface area contributed by atoms with Crippen molar-refractivity contribution in [1.82, 2.24) is 0 Å². The lowest BCUT2D eigenvalue weighted by molar-refractivity contribution is -0.150. The minimum absolute atomic E-state index is 0.0173. The summed E-state index contributed by atoms with van der Waals surface area (Å²) < 4.78 is 5.50. The van der Waals surface area contributed by atoms with Crippen LogP contribution in [-0.4, -0.2) is 61.1 Å². The zero-order chi connectivity index (χ0) is 24.0. The summed E-state index contributed by atoms with van der Waals surface area (Å²) in [6, 6.07) is 10.7. The third-order valence-corrected chi connectivity index (χ3v) is 6.47. The number of aryl methyl sites for hydroxylation is 1. The third kappa shape index (κ3) is 3.80. The van der Waals surface area contributed by atoms with Crippen LogP contribution >= 0.6 is 0 Å². The summed E-state index contributed by atoms with van der Waals surface area (Å²) in [5.74, 6) is -0.799. The summed E-state index contributed by atoms with van der Waals surface area (Å²) in [6.07, 6.45) is -1.95. The van der Waals surface area contributed by atoms with Gasteiger partial charge in [-0.1, -0.05) is 6.07 Å². The first-order valence-corrected chi connectivity index (χ1v) is 11.1. The van der Waals surface area contributed by atoms with Crippen LogP contribution in [0.1, 0.15) is 23.1 Å². The highest BCUT2D eigenvalue weighted by Gasteiger charge is 2.39. The molecule has 10 nitrogen and oxygen atoms in total. The maximum Gasteiger partial charge on any atom is 0.259 e. The van der Waals surface area contributed by atoms with Gasteiger partial charge in [-0.15, -0.1) is 0 Å². The number of aliphatic imine (C=N–C) groups is 1. The van der Waals surface area contributed by atoms with E-state index in [9.17, 15) is 19.5 Å². The first kappa shape index (κ1) is 22.1. The minimum atomic E-state index is -1.70. The number of nitrogens with zero attached hydrogens (tertiary/aromatic N) is 3. The summed E-state index contributed by atoms with van der Waals surface area (Å²) in [5.41, 5.74) is 10.3. The van der Waals surface area contributed by atoms with Crippen LogP contribution in [-0.2, 0) is 32.1 Å². The highest BCUT2D eigenvalue weighted by atomic mass is 16.5. The van der Waals surface area contributed by atoms with Gasteiger partial charge in [0.2, 0.25) is 5.91 Å². The van der Waals surface area contributed by atoms with E-state index in [0.29, 0.717) is 36.6 Å². The SMILES string of the molecule is CN1C(=O)CCc2ccc(N3CCO[C@H]([C@@H](O)C(=O)Nc4ccc5c(c4)CN=C5N)C3=O)cc21. The number of benzene rings is 2. The van der Waals surface area contributed by atoms with Gasteiger partial charge in [-0.05, 0) is 47.9 Å². The Morgan fingerprint density at radius 3 is 2.85 bits per heavy atom. The predicted molar refractivity (Wildman–Crippen MR) is 126 cm³/mol. The van der Waals surface area contributed by atoms with Crippen LogP contribution in [0.15, 0.2) is 41.4 Å². The molecule has 3 amide bonds. The quantitative estimate of drug-likeness (QED) is 0.605. The number of rotatable bonds is 4. The van der Waals surface area contributed by atoms with Gasteiger partial charge in [0, 0.05) is 42.6 Å². The highest BCUT2D eigenvalue weighted by Crippen LogP contribution is 2.32. The lowest BCUT2D eigenvalue weighted by atomic mass is 10.0. The van der Waals surface area contributed by atoms with E-state index in [2.05, 4.69) is 10.3 Å². The number of ether oxygens (including phenoxy) is 1. The van der Waals surface area contributed by atoms with Crippen molar-refractivity contribution in [3.05, 3.63) is 53.1 Å². The Balaban J connectivity index is 1.31. The van der Waals surface area contributed by atoms with Gasteiger partial charge in [-0.25, -0.2) is 0 Å². The number of hydrogen-bond acceptors (Lipinski definition) is 7. The number of carbonyl (C=O) groups excluding carboxylic acids is 3. The largest absolute Gasteiger partial charge is 0.383 e. The van der Waals surface area contributed by atoms with Crippen LogP contribution in [0.25, 0.3) is 0 Å². The number of nitrogens with two attached hydrogens (primary N) is 1. The fraction of sp³-hybridized carbons (Fsp3) is 0.333. The van der Waals surface area contributed by atoms with Crippen molar-refractivity contribution in [2.75, 3.05) is 35.3 Å². The van der Waals surface area contributed by atoms with E-state index in [1.165, 1.54) is 4.90 Å². The van der Waals surface area contributed by atoms with Crippen molar-refractivity contribution in [3.8, 4) is 0 Å². The number of hydrogen-bond donors (Lipinski definition) is 3. The van der Waals surface area contributed by atoms with Crippen LogP contribution in [0.4, 0.5) is 17.1 Å². The Bertz CT molecular complexity index is 1230.